The van der Waals surface area contributed by atoms with Crippen LogP contribution in [0, 0.1) is 6.92 Å². The molecule has 2 aromatic heterocycles. The molecule has 0 saturated heterocycles. The van der Waals surface area contributed by atoms with Gasteiger partial charge in [0.25, 0.3) is 0 Å². The lowest BCUT2D eigenvalue weighted by molar-refractivity contribution is 0.705. The van der Waals surface area contributed by atoms with Crippen LogP contribution < -0.4 is 5.73 Å². The second kappa shape index (κ2) is 5.07. The van der Waals surface area contributed by atoms with E-state index in [1.165, 1.54) is 11.1 Å². The summed E-state index contributed by atoms with van der Waals surface area (Å²) >= 11 is 5.14. The summed E-state index contributed by atoms with van der Waals surface area (Å²) in [5.74, 6) is 0. The average Bonchev–Trinajstić information content (AvgIpc) is 2.92. The van der Waals surface area contributed by atoms with Crippen LogP contribution in [0.3, 0.4) is 0 Å². The SMILES string of the molecule is Cc1ccc(Br)cc1C(N)Cc1cn2ccsc2n1. The summed E-state index contributed by atoms with van der Waals surface area (Å²) in [6.45, 7) is 2.09. The van der Waals surface area contributed by atoms with Gasteiger partial charge in [-0.1, -0.05) is 22.0 Å². The minimum Gasteiger partial charge on any atom is -0.324 e. The molecule has 3 rings (SSSR count). The quantitative estimate of drug-likeness (QED) is 0.792. The number of hydrogen-bond acceptors (Lipinski definition) is 3. The van der Waals surface area contributed by atoms with Crippen molar-refractivity contribution in [3.05, 3.63) is 57.3 Å². The first-order chi connectivity index (χ1) is 9.13. The fourth-order valence-corrected chi connectivity index (χ4v) is 3.32. The third kappa shape index (κ3) is 2.59. The van der Waals surface area contributed by atoms with E-state index in [0.717, 1.165) is 21.5 Å². The number of nitrogens with zero attached hydrogens (tertiary/aromatic N) is 2. The van der Waals surface area contributed by atoms with Crippen molar-refractivity contribution < 1.29 is 0 Å². The first-order valence-electron chi connectivity index (χ1n) is 6.06. The Kier molecular flexibility index (Phi) is 3.43. The van der Waals surface area contributed by atoms with Gasteiger partial charge in [0, 0.05) is 34.7 Å². The van der Waals surface area contributed by atoms with E-state index in [0.29, 0.717) is 0 Å². The molecule has 1 aromatic carbocycles. The lowest BCUT2D eigenvalue weighted by Gasteiger charge is -2.14. The maximum Gasteiger partial charge on any atom is 0.193 e. The van der Waals surface area contributed by atoms with Gasteiger partial charge in [-0.25, -0.2) is 4.98 Å². The molecular formula is C14H14BrN3S. The molecule has 3 nitrogen and oxygen atoms in total. The minimum absolute atomic E-state index is 0.0258. The summed E-state index contributed by atoms with van der Waals surface area (Å²) < 4.78 is 3.11. The van der Waals surface area contributed by atoms with E-state index in [1.54, 1.807) is 11.3 Å². The summed E-state index contributed by atoms with van der Waals surface area (Å²) in [5.41, 5.74) is 9.75. The summed E-state index contributed by atoms with van der Waals surface area (Å²) in [6.07, 6.45) is 4.83. The van der Waals surface area contributed by atoms with Crippen LogP contribution in [0.5, 0.6) is 0 Å². The molecule has 98 valence electrons. The molecule has 0 radical (unpaired) electrons. The summed E-state index contributed by atoms with van der Waals surface area (Å²) in [4.78, 5) is 5.60. The molecule has 2 N–H and O–H groups in total. The molecule has 0 spiro atoms. The third-order valence-electron chi connectivity index (χ3n) is 3.21. The molecule has 3 aromatic rings. The lowest BCUT2D eigenvalue weighted by atomic mass is 9.99. The largest absolute Gasteiger partial charge is 0.324 e. The number of benzene rings is 1. The van der Waals surface area contributed by atoms with Crippen LogP contribution in [0.25, 0.3) is 4.96 Å². The van der Waals surface area contributed by atoms with Crippen molar-refractivity contribution in [1.82, 2.24) is 9.38 Å². The smallest absolute Gasteiger partial charge is 0.193 e. The van der Waals surface area contributed by atoms with Crippen LogP contribution in [0.1, 0.15) is 22.9 Å². The van der Waals surface area contributed by atoms with Crippen molar-refractivity contribution in [2.24, 2.45) is 5.73 Å². The first-order valence-corrected chi connectivity index (χ1v) is 7.73. The zero-order valence-electron chi connectivity index (χ0n) is 10.5. The van der Waals surface area contributed by atoms with Crippen LogP contribution in [-0.4, -0.2) is 9.38 Å². The van der Waals surface area contributed by atoms with E-state index in [2.05, 4.69) is 46.2 Å². The predicted molar refractivity (Wildman–Crippen MR) is 82.6 cm³/mol. The normalized spacial score (nSPS) is 13.0. The number of thiazole rings is 1. The molecule has 2 heterocycles. The van der Waals surface area contributed by atoms with Gasteiger partial charge in [0.2, 0.25) is 0 Å². The van der Waals surface area contributed by atoms with Gasteiger partial charge in [0.15, 0.2) is 4.96 Å². The third-order valence-corrected chi connectivity index (χ3v) is 4.48. The van der Waals surface area contributed by atoms with Crippen LogP contribution in [-0.2, 0) is 6.42 Å². The van der Waals surface area contributed by atoms with Gasteiger partial charge in [-0.05, 0) is 30.2 Å². The molecule has 0 saturated carbocycles. The summed E-state index contributed by atoms with van der Waals surface area (Å²) in [5, 5.41) is 2.03. The molecule has 0 aliphatic heterocycles. The Balaban J connectivity index is 1.86. The molecule has 0 amide bonds. The predicted octanol–water partition coefficient (Wildman–Crippen LogP) is 3.71. The minimum atomic E-state index is -0.0258. The first kappa shape index (κ1) is 12.8. The maximum absolute atomic E-state index is 6.32. The van der Waals surface area contributed by atoms with Crippen LogP contribution in [0.15, 0.2) is 40.4 Å². The van der Waals surface area contributed by atoms with Crippen molar-refractivity contribution in [1.29, 1.82) is 0 Å². The summed E-state index contributed by atoms with van der Waals surface area (Å²) in [7, 11) is 0. The van der Waals surface area contributed by atoms with Gasteiger partial charge in [0.05, 0.1) is 5.69 Å². The van der Waals surface area contributed by atoms with Gasteiger partial charge in [-0.15, -0.1) is 11.3 Å². The van der Waals surface area contributed by atoms with Crippen LogP contribution in [0.4, 0.5) is 0 Å². The highest BCUT2D eigenvalue weighted by atomic mass is 79.9. The van der Waals surface area contributed by atoms with Crippen molar-refractivity contribution >= 4 is 32.2 Å². The highest BCUT2D eigenvalue weighted by molar-refractivity contribution is 9.10. The molecule has 19 heavy (non-hydrogen) atoms. The zero-order chi connectivity index (χ0) is 13.4. The topological polar surface area (TPSA) is 43.3 Å². The Hall–Kier alpha value is -1.17. The number of rotatable bonds is 3. The van der Waals surface area contributed by atoms with E-state index < -0.39 is 0 Å². The fourth-order valence-electron chi connectivity index (χ4n) is 2.22. The number of imidazole rings is 1. The Morgan fingerprint density at radius 1 is 1.47 bits per heavy atom. The molecule has 0 aliphatic carbocycles. The molecule has 0 aliphatic rings. The molecule has 5 heteroatoms. The number of nitrogens with two attached hydrogens (primary N) is 1. The van der Waals surface area contributed by atoms with Crippen molar-refractivity contribution in [3.8, 4) is 0 Å². The van der Waals surface area contributed by atoms with Crippen molar-refractivity contribution in [2.75, 3.05) is 0 Å². The van der Waals surface area contributed by atoms with Gasteiger partial charge < -0.3 is 5.73 Å². The van der Waals surface area contributed by atoms with Gasteiger partial charge in [0.1, 0.15) is 0 Å². The Bertz CT molecular complexity index is 688. The Morgan fingerprint density at radius 3 is 3.11 bits per heavy atom. The number of fused-ring (bicyclic) bond motifs is 1. The molecule has 0 bridgehead atoms. The van der Waals surface area contributed by atoms with Gasteiger partial charge >= 0.3 is 0 Å². The monoisotopic (exact) mass is 335 g/mol. The van der Waals surface area contributed by atoms with E-state index in [1.807, 2.05) is 22.0 Å². The van der Waals surface area contributed by atoms with Gasteiger partial charge in [-0.2, -0.15) is 0 Å². The highest BCUT2D eigenvalue weighted by Crippen LogP contribution is 2.24. The number of aryl methyl sites for hydroxylation is 1. The Labute approximate surface area is 124 Å². The Morgan fingerprint density at radius 2 is 2.32 bits per heavy atom. The van der Waals surface area contributed by atoms with E-state index in [4.69, 9.17) is 5.73 Å². The molecule has 1 atom stereocenters. The zero-order valence-corrected chi connectivity index (χ0v) is 12.9. The highest BCUT2D eigenvalue weighted by Gasteiger charge is 2.13. The number of aromatic nitrogens is 2. The van der Waals surface area contributed by atoms with Crippen LogP contribution >= 0.6 is 27.3 Å². The van der Waals surface area contributed by atoms with E-state index in [-0.39, 0.29) is 6.04 Å². The van der Waals surface area contributed by atoms with E-state index in [9.17, 15) is 0 Å². The number of hydrogen-bond donors (Lipinski definition) is 1. The van der Waals surface area contributed by atoms with Crippen molar-refractivity contribution in [2.45, 2.75) is 19.4 Å². The summed E-state index contributed by atoms with van der Waals surface area (Å²) in [6, 6.07) is 6.20. The molecule has 0 fully saturated rings. The van der Waals surface area contributed by atoms with E-state index >= 15 is 0 Å². The van der Waals surface area contributed by atoms with Crippen molar-refractivity contribution in [3.63, 3.8) is 0 Å². The lowest BCUT2D eigenvalue weighted by Crippen LogP contribution is -2.15. The number of halogens is 1. The van der Waals surface area contributed by atoms with Crippen LogP contribution in [0.2, 0.25) is 0 Å². The second-order valence-electron chi connectivity index (χ2n) is 4.64. The molecule has 1 unspecified atom stereocenters. The molecular weight excluding hydrogens is 322 g/mol. The average molecular weight is 336 g/mol. The standard InChI is InChI=1S/C14H14BrN3S/c1-9-2-3-10(15)6-12(9)13(16)7-11-8-18-4-5-19-14(18)17-11/h2-6,8,13H,7,16H2,1H3. The van der Waals surface area contributed by atoms with Gasteiger partial charge in [-0.3, -0.25) is 4.40 Å². The second-order valence-corrected chi connectivity index (χ2v) is 6.43. The fraction of sp³-hybridized carbons (Fsp3) is 0.214. The maximum atomic E-state index is 6.32.